The topological polar surface area (TPSA) is 41.9 Å². The quantitative estimate of drug-likeness (QED) is 0.142. The fourth-order valence-corrected chi connectivity index (χ4v) is 12.6. The number of aromatic nitrogens is 3. The molecule has 3 aliphatic rings. The molecule has 2 aliphatic heterocycles. The van der Waals surface area contributed by atoms with Crippen LogP contribution < -0.4 is 21.3 Å². The summed E-state index contributed by atoms with van der Waals surface area (Å²) in [6, 6.07) is 99.2. The maximum Gasteiger partial charge on any atom is 0.243 e. The Morgan fingerprint density at radius 1 is 0.267 bits per heavy atom. The van der Waals surface area contributed by atoms with Gasteiger partial charge in [0.05, 0.1) is 5.41 Å². The summed E-state index contributed by atoms with van der Waals surface area (Å²) in [5.41, 5.74) is 24.9. The van der Waals surface area contributed by atoms with Crippen molar-refractivity contribution in [3.63, 3.8) is 0 Å². The van der Waals surface area contributed by atoms with Gasteiger partial charge in [-0.2, -0.15) is 0 Å². The van der Waals surface area contributed by atoms with Crippen LogP contribution in [-0.4, -0.2) is 21.7 Å². The molecule has 0 bridgehead atoms. The van der Waals surface area contributed by atoms with Gasteiger partial charge in [-0.05, 0) is 115 Å². The van der Waals surface area contributed by atoms with Crippen LogP contribution in [0.1, 0.15) is 22.3 Å². The minimum atomic E-state index is -0.596. The third-order valence-electron chi connectivity index (χ3n) is 15.8. The van der Waals surface area contributed by atoms with Crippen LogP contribution in [0, 0.1) is 0 Å². The molecule has 0 saturated heterocycles. The number of hydrogen-bond acceptors (Lipinski definition) is 4. The average Bonchev–Trinajstić information content (AvgIpc) is 4.22. The van der Waals surface area contributed by atoms with E-state index in [0.717, 1.165) is 44.9 Å². The summed E-state index contributed by atoms with van der Waals surface area (Å²) in [6.07, 6.45) is 0. The van der Waals surface area contributed by atoms with Crippen molar-refractivity contribution in [3.8, 4) is 78.7 Å². The van der Waals surface area contributed by atoms with Crippen LogP contribution in [0.15, 0.2) is 273 Å². The first-order valence-corrected chi connectivity index (χ1v) is 25.8. The lowest BCUT2D eigenvalue weighted by atomic mass is 9.32. The Balaban J connectivity index is 0.885. The lowest BCUT2D eigenvalue weighted by Gasteiger charge is -2.42. The first-order chi connectivity index (χ1) is 37.2. The van der Waals surface area contributed by atoms with Gasteiger partial charge in [-0.3, -0.25) is 0 Å². The second-order valence-corrected chi connectivity index (χ2v) is 19.8. The largest absolute Gasteiger partial charge is 0.311 e. The zero-order valence-corrected chi connectivity index (χ0v) is 40.8. The van der Waals surface area contributed by atoms with Crippen molar-refractivity contribution >= 4 is 40.2 Å². The smallest absolute Gasteiger partial charge is 0.243 e. The second kappa shape index (κ2) is 17.2. The molecule has 1 atom stereocenters. The standard InChI is InChI=1S/C70H45BN4/c1-5-18-48(19-6-1)67-72-68(49-20-7-2-8-21-49)74-69(73-67)50-34-32-46(33-35-50)51-38-42-56-57-43-39-52(47-36-40-55(41-37-47)75(53-22-9-3-10-23-53)54-24-11-4-12-25-54)45-63(57)70(62(56)44-51)60-28-14-16-31-65(60)71-64-30-15-13-26-58(64)59-27-17-29-61(70)66(59)71/h1-45H. The number of hydrogen-bond donors (Lipinski definition) is 0. The molecule has 0 saturated carbocycles. The fourth-order valence-electron chi connectivity index (χ4n) is 12.6. The summed E-state index contributed by atoms with van der Waals surface area (Å²) in [6.45, 7) is 0.144. The fraction of sp³-hybridized carbons (Fsp3) is 0.0143. The highest BCUT2D eigenvalue weighted by Gasteiger charge is 2.54. The van der Waals surface area contributed by atoms with Crippen molar-refractivity contribution in [2.45, 2.75) is 5.41 Å². The Morgan fingerprint density at radius 2 is 0.667 bits per heavy atom. The van der Waals surface area contributed by atoms with E-state index in [1.807, 2.05) is 60.7 Å². The molecule has 5 heteroatoms. The minimum absolute atomic E-state index is 0.144. The highest BCUT2D eigenvalue weighted by molar-refractivity contribution is 7.00. The molecule has 15 rings (SSSR count). The molecule has 3 heterocycles. The Labute approximate surface area is 437 Å². The van der Waals surface area contributed by atoms with E-state index in [1.54, 1.807) is 0 Å². The molecule has 1 spiro atoms. The van der Waals surface area contributed by atoms with Gasteiger partial charge in [0.1, 0.15) is 0 Å². The zero-order chi connectivity index (χ0) is 49.5. The van der Waals surface area contributed by atoms with E-state index < -0.39 is 5.41 Å². The first-order valence-electron chi connectivity index (χ1n) is 25.8. The number of para-hydroxylation sites is 2. The van der Waals surface area contributed by atoms with Crippen molar-refractivity contribution in [2.24, 2.45) is 0 Å². The highest BCUT2D eigenvalue weighted by atomic mass is 15.1. The van der Waals surface area contributed by atoms with Crippen molar-refractivity contribution in [1.29, 1.82) is 0 Å². The highest BCUT2D eigenvalue weighted by Crippen LogP contribution is 2.58. The number of rotatable bonds is 8. The summed E-state index contributed by atoms with van der Waals surface area (Å²) in [5.74, 6) is 1.94. The SMILES string of the molecule is c1ccc(-c2nc(-c3ccccc3)nc(-c3ccc(-c4ccc5c(c4)C4(c6ccccc6B6c7ccccc7-c7cccc4c76)c4cc(-c6ccc(N(c7ccccc7)c7ccccc7)cc6)ccc4-5)cc3)n2)cc1. The van der Waals surface area contributed by atoms with Gasteiger partial charge in [0.25, 0.3) is 0 Å². The summed E-state index contributed by atoms with van der Waals surface area (Å²) in [7, 11) is 0. The van der Waals surface area contributed by atoms with Gasteiger partial charge in [0.2, 0.25) is 6.71 Å². The van der Waals surface area contributed by atoms with Crippen molar-refractivity contribution < 1.29 is 0 Å². The summed E-state index contributed by atoms with van der Waals surface area (Å²) in [4.78, 5) is 17.4. The van der Waals surface area contributed by atoms with Crippen LogP contribution in [0.3, 0.4) is 0 Å². The van der Waals surface area contributed by atoms with Gasteiger partial charge in [0.15, 0.2) is 17.5 Å². The molecule has 75 heavy (non-hydrogen) atoms. The van der Waals surface area contributed by atoms with Crippen LogP contribution in [0.2, 0.25) is 0 Å². The van der Waals surface area contributed by atoms with Crippen molar-refractivity contribution in [1.82, 2.24) is 15.0 Å². The third kappa shape index (κ3) is 6.75. The van der Waals surface area contributed by atoms with Gasteiger partial charge < -0.3 is 4.90 Å². The Hall–Kier alpha value is -9.71. The lowest BCUT2D eigenvalue weighted by Crippen LogP contribution is -2.59. The Kier molecular flexibility index (Phi) is 9.86. The van der Waals surface area contributed by atoms with E-state index in [2.05, 4.69) is 217 Å². The van der Waals surface area contributed by atoms with Gasteiger partial charge in [-0.1, -0.05) is 241 Å². The molecule has 4 nitrogen and oxygen atoms in total. The molecular weight excluding hydrogens is 908 g/mol. The molecule has 11 aromatic carbocycles. The number of anilines is 3. The maximum absolute atomic E-state index is 5.05. The minimum Gasteiger partial charge on any atom is -0.311 e. The van der Waals surface area contributed by atoms with Gasteiger partial charge in [0, 0.05) is 33.8 Å². The van der Waals surface area contributed by atoms with E-state index >= 15 is 0 Å². The number of nitrogens with zero attached hydrogens (tertiary/aromatic N) is 4. The van der Waals surface area contributed by atoms with Gasteiger partial charge >= 0.3 is 0 Å². The van der Waals surface area contributed by atoms with Crippen molar-refractivity contribution in [2.75, 3.05) is 4.90 Å². The molecule has 1 aliphatic carbocycles. The van der Waals surface area contributed by atoms with E-state index in [1.165, 1.54) is 72.0 Å². The summed E-state index contributed by atoms with van der Waals surface area (Å²) < 4.78 is 0. The second-order valence-electron chi connectivity index (χ2n) is 19.8. The third-order valence-corrected chi connectivity index (χ3v) is 15.8. The van der Waals surface area contributed by atoms with E-state index in [4.69, 9.17) is 15.0 Å². The van der Waals surface area contributed by atoms with Crippen LogP contribution in [-0.2, 0) is 5.41 Å². The first kappa shape index (κ1) is 42.9. The van der Waals surface area contributed by atoms with E-state index in [-0.39, 0.29) is 6.71 Å². The van der Waals surface area contributed by atoms with Crippen LogP contribution in [0.4, 0.5) is 17.1 Å². The Morgan fingerprint density at radius 3 is 1.23 bits per heavy atom. The van der Waals surface area contributed by atoms with Gasteiger partial charge in [-0.15, -0.1) is 0 Å². The summed E-state index contributed by atoms with van der Waals surface area (Å²) >= 11 is 0. The Bertz CT molecular complexity index is 4070. The molecular formula is C70H45BN4. The normalized spacial score (nSPS) is 14.2. The number of fused-ring (bicyclic) bond motifs is 12. The van der Waals surface area contributed by atoms with E-state index in [9.17, 15) is 0 Å². The monoisotopic (exact) mass is 952 g/mol. The summed E-state index contributed by atoms with van der Waals surface area (Å²) in [5, 5.41) is 0. The predicted octanol–water partition coefficient (Wildman–Crippen LogP) is 14.8. The molecule has 12 aromatic rings. The molecule has 0 amide bonds. The number of benzene rings is 11. The molecule has 348 valence electrons. The maximum atomic E-state index is 5.05. The molecule has 1 unspecified atom stereocenters. The van der Waals surface area contributed by atoms with Gasteiger partial charge in [-0.25, -0.2) is 15.0 Å². The lowest BCUT2D eigenvalue weighted by molar-refractivity contribution is 0.776. The zero-order valence-electron chi connectivity index (χ0n) is 40.8. The molecule has 1 aromatic heterocycles. The van der Waals surface area contributed by atoms with Crippen LogP contribution in [0.25, 0.3) is 78.7 Å². The average molecular weight is 953 g/mol. The van der Waals surface area contributed by atoms with E-state index in [0.29, 0.717) is 17.5 Å². The van der Waals surface area contributed by atoms with Crippen molar-refractivity contribution in [3.05, 3.63) is 295 Å². The predicted molar refractivity (Wildman–Crippen MR) is 309 cm³/mol. The molecule has 0 N–H and O–H groups in total. The van der Waals surface area contributed by atoms with Crippen LogP contribution in [0.5, 0.6) is 0 Å². The molecule has 0 fully saturated rings. The van der Waals surface area contributed by atoms with Crippen LogP contribution >= 0.6 is 0 Å². The molecule has 0 radical (unpaired) electrons.